The number of hydrogen-bond donors (Lipinski definition) is 0. The number of aliphatic imine (C=N–C) groups is 1. The number of aryl methyl sites for hydroxylation is 1. The van der Waals surface area contributed by atoms with Gasteiger partial charge in [-0.25, -0.2) is 13.6 Å². The normalized spacial score (nSPS) is 13.4. The Bertz CT molecular complexity index is 1030. The van der Waals surface area contributed by atoms with Gasteiger partial charge in [-0.3, -0.25) is 0 Å². The van der Waals surface area contributed by atoms with Crippen molar-refractivity contribution in [2.45, 2.75) is 45.9 Å². The van der Waals surface area contributed by atoms with Crippen molar-refractivity contribution >= 4 is 33.4 Å². The molecule has 31 heavy (non-hydrogen) atoms. The van der Waals surface area contributed by atoms with Crippen LogP contribution in [0.25, 0.3) is 0 Å². The first-order chi connectivity index (χ1) is 14.7. The summed E-state index contributed by atoms with van der Waals surface area (Å²) in [6.45, 7) is 11.6. The minimum absolute atomic E-state index is 0.468. The minimum atomic E-state index is -2.48. The molecule has 2 rings (SSSR count). The average Bonchev–Trinajstić information content (AvgIpc) is 2.73. The molecule has 0 bridgehead atoms. The van der Waals surface area contributed by atoms with Crippen molar-refractivity contribution in [3.05, 3.63) is 47.0 Å². The Morgan fingerprint density at radius 1 is 1.23 bits per heavy atom. The Labute approximate surface area is 192 Å². The van der Waals surface area contributed by atoms with Crippen LogP contribution in [-0.4, -0.2) is 41.3 Å². The second kappa shape index (κ2) is 11.5. The molecule has 2 aromatic carbocycles. The van der Waals surface area contributed by atoms with E-state index in [1.54, 1.807) is 12.4 Å². The fourth-order valence-corrected chi connectivity index (χ4v) is 5.34. The first-order valence-electron chi connectivity index (χ1n) is 10.7. The van der Waals surface area contributed by atoms with E-state index in [9.17, 15) is 4.21 Å². The quantitative estimate of drug-likeness (QED) is 0.283. The summed E-state index contributed by atoms with van der Waals surface area (Å²) in [4.78, 5) is 7.13. The summed E-state index contributed by atoms with van der Waals surface area (Å²) >= 11 is 6.44. The molecule has 0 saturated carbocycles. The van der Waals surface area contributed by atoms with Gasteiger partial charge < -0.3 is 9.64 Å². The summed E-state index contributed by atoms with van der Waals surface area (Å²) in [5.74, 6) is 2.27. The molecule has 0 radical (unpaired) electrons. The van der Waals surface area contributed by atoms with Crippen LogP contribution in [0.5, 0.6) is 11.5 Å². The second-order valence-corrected chi connectivity index (χ2v) is 10.8. The average molecular weight is 464 g/mol. The summed E-state index contributed by atoms with van der Waals surface area (Å²) in [5.41, 5.74) is 1.61. The lowest BCUT2D eigenvalue weighted by Gasteiger charge is -2.15. The zero-order valence-corrected chi connectivity index (χ0v) is 21.0. The highest BCUT2D eigenvalue weighted by molar-refractivity contribution is 7.93. The maximum atomic E-state index is 13.6. The van der Waals surface area contributed by atoms with Crippen LogP contribution in [0.3, 0.4) is 0 Å². The summed E-state index contributed by atoms with van der Waals surface area (Å²) in [7, 11) is -0.518. The molecule has 170 valence electrons. The van der Waals surface area contributed by atoms with E-state index in [-0.39, 0.29) is 0 Å². The Morgan fingerprint density at radius 3 is 2.61 bits per heavy atom. The van der Waals surface area contributed by atoms with Crippen molar-refractivity contribution < 1.29 is 8.95 Å². The van der Waals surface area contributed by atoms with E-state index in [1.165, 1.54) is 0 Å². The van der Waals surface area contributed by atoms with Gasteiger partial charge in [0.2, 0.25) is 0 Å². The van der Waals surface area contributed by atoms with Gasteiger partial charge in [0.25, 0.3) is 0 Å². The Balaban J connectivity index is 2.32. The molecule has 1 unspecified atom stereocenters. The van der Waals surface area contributed by atoms with Gasteiger partial charge in [-0.05, 0) is 62.9 Å². The van der Waals surface area contributed by atoms with E-state index in [1.807, 2.05) is 56.1 Å². The highest BCUT2D eigenvalue weighted by Gasteiger charge is 2.15. The van der Waals surface area contributed by atoms with E-state index in [0.29, 0.717) is 45.3 Å². The van der Waals surface area contributed by atoms with Crippen LogP contribution in [0.4, 0.5) is 5.69 Å². The molecule has 0 aliphatic rings. The lowest BCUT2D eigenvalue weighted by molar-refractivity contribution is 0.477. The van der Waals surface area contributed by atoms with E-state index >= 15 is 0 Å². The van der Waals surface area contributed by atoms with E-state index < -0.39 is 9.73 Å². The Kier molecular flexibility index (Phi) is 9.38. The Morgan fingerprint density at radius 2 is 1.97 bits per heavy atom. The number of benzene rings is 2. The SMILES string of the molecule is CCN=S(=O)(CCC(C)C)c1cccc(Oc2cc(Cl)c(/N=C\N(C)CC)cc2C)c1. The van der Waals surface area contributed by atoms with Gasteiger partial charge in [0, 0.05) is 32.0 Å². The van der Waals surface area contributed by atoms with E-state index in [4.69, 9.17) is 16.3 Å². The van der Waals surface area contributed by atoms with Gasteiger partial charge in [-0.15, -0.1) is 0 Å². The van der Waals surface area contributed by atoms with Crippen molar-refractivity contribution in [2.24, 2.45) is 15.3 Å². The molecule has 0 heterocycles. The maximum Gasteiger partial charge on any atom is 0.131 e. The van der Waals surface area contributed by atoms with Crippen molar-refractivity contribution in [1.29, 1.82) is 0 Å². The first-order valence-corrected chi connectivity index (χ1v) is 12.8. The molecule has 0 fully saturated rings. The highest BCUT2D eigenvalue weighted by Crippen LogP contribution is 2.35. The molecule has 2 aromatic rings. The third kappa shape index (κ3) is 7.25. The summed E-state index contributed by atoms with van der Waals surface area (Å²) in [5, 5.41) is 0.513. The predicted octanol–water partition coefficient (Wildman–Crippen LogP) is 6.95. The molecule has 0 aliphatic carbocycles. The fourth-order valence-electron chi connectivity index (χ4n) is 2.82. The van der Waals surface area contributed by atoms with Gasteiger partial charge >= 0.3 is 0 Å². The molecule has 0 aliphatic heterocycles. The van der Waals surface area contributed by atoms with Crippen LogP contribution in [0, 0.1) is 12.8 Å². The monoisotopic (exact) mass is 463 g/mol. The number of hydrogen-bond acceptors (Lipinski definition) is 4. The molecule has 7 heteroatoms. The lowest BCUT2D eigenvalue weighted by atomic mass is 10.2. The van der Waals surface area contributed by atoms with Gasteiger partial charge in [-0.1, -0.05) is 31.5 Å². The number of rotatable bonds is 10. The number of nitrogens with zero attached hydrogens (tertiary/aromatic N) is 3. The molecule has 0 N–H and O–H groups in total. The molecule has 0 aromatic heterocycles. The van der Waals surface area contributed by atoms with Crippen LogP contribution < -0.4 is 4.74 Å². The van der Waals surface area contributed by atoms with Crippen LogP contribution in [0.15, 0.2) is 50.6 Å². The van der Waals surface area contributed by atoms with Crippen molar-refractivity contribution in [2.75, 3.05) is 25.9 Å². The largest absolute Gasteiger partial charge is 0.457 e. The highest BCUT2D eigenvalue weighted by atomic mass is 35.5. The third-order valence-corrected chi connectivity index (χ3v) is 7.61. The first kappa shape index (κ1) is 25.2. The van der Waals surface area contributed by atoms with Gasteiger partial charge in [-0.2, -0.15) is 0 Å². The van der Waals surface area contributed by atoms with Crippen molar-refractivity contribution in [3.63, 3.8) is 0 Å². The second-order valence-electron chi connectivity index (χ2n) is 7.94. The zero-order valence-electron chi connectivity index (χ0n) is 19.4. The van der Waals surface area contributed by atoms with Crippen molar-refractivity contribution in [3.8, 4) is 11.5 Å². The van der Waals surface area contributed by atoms with Crippen LogP contribution in [0.1, 0.15) is 39.7 Å². The molecule has 5 nitrogen and oxygen atoms in total. The molecule has 0 amide bonds. The topological polar surface area (TPSA) is 54.3 Å². The van der Waals surface area contributed by atoms with E-state index in [2.05, 4.69) is 30.1 Å². The fraction of sp³-hybridized carbons (Fsp3) is 0.458. The van der Waals surface area contributed by atoms with Crippen LogP contribution in [0.2, 0.25) is 5.02 Å². The third-order valence-electron chi connectivity index (χ3n) is 4.85. The zero-order chi connectivity index (χ0) is 23.0. The molecule has 0 spiro atoms. The Hall–Kier alpha value is -2.05. The lowest BCUT2D eigenvalue weighted by Crippen LogP contribution is -2.14. The van der Waals surface area contributed by atoms with Gasteiger partial charge in [0.05, 0.1) is 31.7 Å². The number of halogens is 1. The maximum absolute atomic E-state index is 13.6. The van der Waals surface area contributed by atoms with Crippen molar-refractivity contribution in [1.82, 2.24) is 4.90 Å². The standard InChI is InChI=1S/C24H34ClN3O2S/c1-7-27-31(29,13-12-18(3)4)21-11-9-10-20(15-21)30-24-16-22(25)23(14-19(24)5)26-17-28(6)8-2/h9-11,14-18H,7-8,12-13H2,1-6H3/b26-17-. The van der Waals surface area contributed by atoms with Crippen LogP contribution >= 0.6 is 11.6 Å². The van der Waals surface area contributed by atoms with Gasteiger partial charge in [0.1, 0.15) is 11.5 Å². The van der Waals surface area contributed by atoms with Crippen LogP contribution in [-0.2, 0) is 9.73 Å². The molecular weight excluding hydrogens is 430 g/mol. The summed E-state index contributed by atoms with van der Waals surface area (Å²) in [6, 6.07) is 11.1. The summed E-state index contributed by atoms with van der Waals surface area (Å²) < 4.78 is 24.1. The summed E-state index contributed by atoms with van der Waals surface area (Å²) in [6.07, 6.45) is 2.62. The predicted molar refractivity (Wildman–Crippen MR) is 133 cm³/mol. The number of ether oxygens (including phenoxy) is 1. The molecular formula is C24H34ClN3O2S. The van der Waals surface area contributed by atoms with Gasteiger partial charge in [0.15, 0.2) is 0 Å². The molecule has 0 saturated heterocycles. The molecule has 1 atom stereocenters. The smallest absolute Gasteiger partial charge is 0.131 e. The van der Waals surface area contributed by atoms with E-state index in [0.717, 1.165) is 18.5 Å². The minimum Gasteiger partial charge on any atom is -0.457 e.